The Morgan fingerprint density at radius 3 is 2.26 bits per heavy atom. The minimum Gasteiger partial charge on any atom is -0.269 e. The molecule has 2 aliphatic rings. The van der Waals surface area contributed by atoms with E-state index in [-0.39, 0.29) is 23.8 Å². The average molecular weight is 255 g/mol. The van der Waals surface area contributed by atoms with Crippen LogP contribution in [0.5, 0.6) is 0 Å². The van der Waals surface area contributed by atoms with Crippen molar-refractivity contribution < 1.29 is 9.59 Å². The van der Waals surface area contributed by atoms with E-state index >= 15 is 0 Å². The average Bonchev–Trinajstić information content (AvgIpc) is 2.81. The summed E-state index contributed by atoms with van der Waals surface area (Å²) in [6.45, 7) is 6.27. The molecule has 1 heterocycles. The minimum atomic E-state index is -0.187. The molecule has 0 aromatic heterocycles. The van der Waals surface area contributed by atoms with Gasteiger partial charge in [-0.25, -0.2) is 0 Å². The van der Waals surface area contributed by atoms with E-state index in [0.29, 0.717) is 0 Å². The van der Waals surface area contributed by atoms with E-state index < -0.39 is 0 Å². The van der Waals surface area contributed by atoms with Gasteiger partial charge in [-0.05, 0) is 48.4 Å². The predicted octanol–water partition coefficient (Wildman–Crippen LogP) is 2.46. The van der Waals surface area contributed by atoms with Crippen molar-refractivity contribution in [2.24, 2.45) is 5.92 Å². The molecule has 0 radical (unpaired) electrons. The molecule has 3 nitrogen and oxygen atoms in total. The molecule has 2 atom stereocenters. The fraction of sp³-hybridized carbons (Fsp3) is 0.375. The van der Waals surface area contributed by atoms with E-state index in [4.69, 9.17) is 0 Å². The van der Waals surface area contributed by atoms with Crippen molar-refractivity contribution in [3.63, 3.8) is 0 Å². The van der Waals surface area contributed by atoms with Gasteiger partial charge >= 0.3 is 0 Å². The van der Waals surface area contributed by atoms with E-state index in [9.17, 15) is 9.59 Å². The van der Waals surface area contributed by atoms with Crippen LogP contribution in [-0.2, 0) is 16.0 Å². The molecule has 3 heteroatoms. The third kappa shape index (κ3) is 1.72. The van der Waals surface area contributed by atoms with Crippen LogP contribution in [0, 0.1) is 19.8 Å². The molecule has 0 spiro atoms. The van der Waals surface area contributed by atoms with E-state index in [0.717, 1.165) is 12.0 Å². The van der Waals surface area contributed by atoms with Crippen LogP contribution in [0.1, 0.15) is 35.2 Å². The topological polar surface area (TPSA) is 37.4 Å². The van der Waals surface area contributed by atoms with Gasteiger partial charge in [0.05, 0.1) is 6.04 Å². The number of carbonyl (C=O) groups excluding carboxylic acids is 2. The molecule has 1 aromatic rings. The number of amides is 2. The van der Waals surface area contributed by atoms with Crippen LogP contribution in [0.15, 0.2) is 24.3 Å². The van der Waals surface area contributed by atoms with Gasteiger partial charge in [0.2, 0.25) is 0 Å². The van der Waals surface area contributed by atoms with Crippen molar-refractivity contribution in [1.29, 1.82) is 0 Å². The van der Waals surface area contributed by atoms with Gasteiger partial charge in [0.25, 0.3) is 11.8 Å². The van der Waals surface area contributed by atoms with Crippen LogP contribution < -0.4 is 0 Å². The smallest absolute Gasteiger partial charge is 0.254 e. The second-order valence-electron chi connectivity index (χ2n) is 5.64. The molecule has 1 aliphatic carbocycles. The molecule has 0 unspecified atom stereocenters. The van der Waals surface area contributed by atoms with E-state index in [1.165, 1.54) is 33.7 Å². The van der Waals surface area contributed by atoms with Gasteiger partial charge in [-0.15, -0.1) is 0 Å². The Bertz CT molecular complexity index is 597. The number of carbonyl (C=O) groups is 2. The summed E-state index contributed by atoms with van der Waals surface area (Å²) in [6.07, 6.45) is 3.67. The Kier molecular flexibility index (Phi) is 2.59. The Labute approximate surface area is 112 Å². The molecule has 19 heavy (non-hydrogen) atoms. The lowest BCUT2D eigenvalue weighted by Gasteiger charge is -2.27. The Hall–Kier alpha value is -1.90. The van der Waals surface area contributed by atoms with Gasteiger partial charge in [0, 0.05) is 12.2 Å². The normalized spacial score (nSPS) is 25.3. The summed E-state index contributed by atoms with van der Waals surface area (Å²) in [4.78, 5) is 25.2. The molecule has 1 aromatic carbocycles. The van der Waals surface area contributed by atoms with Crippen LogP contribution >= 0.6 is 0 Å². The number of hydrogen-bond acceptors (Lipinski definition) is 2. The number of rotatable bonds is 1. The summed E-state index contributed by atoms with van der Waals surface area (Å²) in [5, 5.41) is 0. The molecule has 2 amide bonds. The van der Waals surface area contributed by atoms with Gasteiger partial charge < -0.3 is 0 Å². The van der Waals surface area contributed by atoms with Gasteiger partial charge in [0.1, 0.15) is 0 Å². The maximum atomic E-state index is 11.9. The number of hydrogen-bond donors (Lipinski definition) is 0. The zero-order chi connectivity index (χ0) is 13.7. The van der Waals surface area contributed by atoms with Crippen molar-refractivity contribution in [3.8, 4) is 0 Å². The monoisotopic (exact) mass is 255 g/mol. The number of fused-ring (bicyclic) bond motifs is 1. The summed E-state index contributed by atoms with van der Waals surface area (Å²) in [5.41, 5.74) is 4.89. The molecule has 0 fully saturated rings. The standard InChI is InChI=1S/C16H17NO2/c1-9-6-12-7-11(3)16(13(12)8-10(9)2)17-14(18)4-5-15(17)19/h4-6,8,11,16H,7H2,1-3H3/t11-,16-/m0/s1. The number of benzene rings is 1. The lowest BCUT2D eigenvalue weighted by Crippen LogP contribution is -2.36. The lowest BCUT2D eigenvalue weighted by molar-refractivity contribution is -0.140. The molecule has 0 saturated carbocycles. The highest BCUT2D eigenvalue weighted by atomic mass is 16.2. The molecule has 3 rings (SSSR count). The summed E-state index contributed by atoms with van der Waals surface area (Å²) >= 11 is 0. The van der Waals surface area contributed by atoms with Crippen molar-refractivity contribution in [2.45, 2.75) is 33.2 Å². The van der Waals surface area contributed by atoms with E-state index in [1.54, 1.807) is 0 Å². The first-order chi connectivity index (χ1) is 8.99. The first-order valence-corrected chi connectivity index (χ1v) is 6.64. The van der Waals surface area contributed by atoms with Gasteiger partial charge in [-0.3, -0.25) is 14.5 Å². The Balaban J connectivity index is 2.08. The summed E-state index contributed by atoms with van der Waals surface area (Å²) in [6, 6.07) is 4.22. The fourth-order valence-electron chi connectivity index (χ4n) is 3.19. The van der Waals surface area contributed by atoms with Crippen molar-refractivity contribution in [3.05, 3.63) is 46.5 Å². The lowest BCUT2D eigenvalue weighted by atomic mass is 9.98. The van der Waals surface area contributed by atoms with E-state index in [1.807, 2.05) is 0 Å². The van der Waals surface area contributed by atoms with Crippen molar-refractivity contribution in [2.75, 3.05) is 0 Å². The third-order valence-electron chi connectivity index (χ3n) is 4.28. The minimum absolute atomic E-state index is 0.107. The Morgan fingerprint density at radius 2 is 1.63 bits per heavy atom. The highest BCUT2D eigenvalue weighted by molar-refractivity contribution is 6.13. The number of nitrogens with zero attached hydrogens (tertiary/aromatic N) is 1. The van der Waals surface area contributed by atoms with Crippen LogP contribution in [0.25, 0.3) is 0 Å². The molecule has 0 bridgehead atoms. The summed E-state index contributed by atoms with van der Waals surface area (Å²) in [5.74, 6) is -0.0927. The first kappa shape index (κ1) is 12.2. The molecular formula is C16H17NO2. The zero-order valence-corrected chi connectivity index (χ0v) is 11.4. The molecular weight excluding hydrogens is 238 g/mol. The zero-order valence-electron chi connectivity index (χ0n) is 11.4. The molecule has 0 N–H and O–H groups in total. The summed E-state index contributed by atoms with van der Waals surface area (Å²) < 4.78 is 0. The van der Waals surface area contributed by atoms with E-state index in [2.05, 4.69) is 32.9 Å². The number of aryl methyl sites for hydroxylation is 2. The molecule has 0 saturated heterocycles. The highest BCUT2D eigenvalue weighted by Crippen LogP contribution is 2.42. The largest absolute Gasteiger partial charge is 0.269 e. The van der Waals surface area contributed by atoms with Crippen LogP contribution in [0.4, 0.5) is 0 Å². The second-order valence-corrected chi connectivity index (χ2v) is 5.64. The van der Waals surface area contributed by atoms with Crippen LogP contribution in [0.3, 0.4) is 0 Å². The third-order valence-corrected chi connectivity index (χ3v) is 4.28. The summed E-state index contributed by atoms with van der Waals surface area (Å²) in [7, 11) is 0. The number of imide groups is 1. The van der Waals surface area contributed by atoms with Gasteiger partial charge in [0.15, 0.2) is 0 Å². The van der Waals surface area contributed by atoms with Gasteiger partial charge in [-0.2, -0.15) is 0 Å². The first-order valence-electron chi connectivity index (χ1n) is 6.64. The molecule has 1 aliphatic heterocycles. The SMILES string of the molecule is Cc1cc2c(cc1C)[C@@H](N1C(=O)C=CC1=O)[C@@H](C)C2. The Morgan fingerprint density at radius 1 is 1.05 bits per heavy atom. The van der Waals surface area contributed by atoms with Crippen molar-refractivity contribution >= 4 is 11.8 Å². The maximum absolute atomic E-state index is 11.9. The quantitative estimate of drug-likeness (QED) is 0.723. The maximum Gasteiger partial charge on any atom is 0.254 e. The van der Waals surface area contributed by atoms with Gasteiger partial charge in [-0.1, -0.05) is 19.1 Å². The fourth-order valence-corrected chi connectivity index (χ4v) is 3.19. The highest BCUT2D eigenvalue weighted by Gasteiger charge is 2.40. The van der Waals surface area contributed by atoms with Crippen LogP contribution in [-0.4, -0.2) is 16.7 Å². The molecule has 98 valence electrons. The van der Waals surface area contributed by atoms with Crippen molar-refractivity contribution in [1.82, 2.24) is 4.90 Å². The van der Waals surface area contributed by atoms with Crippen LogP contribution in [0.2, 0.25) is 0 Å². The predicted molar refractivity (Wildman–Crippen MR) is 72.5 cm³/mol. The second kappa shape index (κ2) is 4.05.